The van der Waals surface area contributed by atoms with Gasteiger partial charge >= 0.3 is 6.18 Å². The van der Waals surface area contributed by atoms with Crippen LogP contribution < -0.4 is 15.2 Å². The van der Waals surface area contributed by atoms with Gasteiger partial charge in [0.1, 0.15) is 10.6 Å². The Labute approximate surface area is 121 Å². The summed E-state index contributed by atoms with van der Waals surface area (Å²) in [5.41, 5.74) is 6.46. The molecule has 0 bridgehead atoms. The molecule has 0 aliphatic heterocycles. The van der Waals surface area contributed by atoms with Crippen LogP contribution in [0.15, 0.2) is 17.0 Å². The summed E-state index contributed by atoms with van der Waals surface area (Å²) in [6.45, 7) is 2.79. The SMILES string of the molecule is COc1cc(C)c(N)cc1S(=O)(=O)NC(C)CC(F)(F)F. The number of hydrogen-bond acceptors (Lipinski definition) is 4. The Hall–Kier alpha value is -1.48. The highest BCUT2D eigenvalue weighted by Gasteiger charge is 2.32. The molecule has 0 radical (unpaired) electrons. The molecule has 3 N–H and O–H groups in total. The molecule has 21 heavy (non-hydrogen) atoms. The van der Waals surface area contributed by atoms with Crippen LogP contribution in [0.1, 0.15) is 18.9 Å². The number of sulfonamides is 1. The first kappa shape index (κ1) is 17.6. The zero-order valence-electron chi connectivity index (χ0n) is 11.8. The van der Waals surface area contributed by atoms with Gasteiger partial charge in [-0.3, -0.25) is 0 Å². The standard InChI is InChI=1S/C12H17F3N2O3S/c1-7-4-10(20-3)11(5-9(7)16)21(18,19)17-8(2)6-12(13,14)15/h4-5,8,17H,6,16H2,1-3H3. The fourth-order valence-corrected chi connectivity index (χ4v) is 3.19. The second kappa shape index (κ2) is 6.10. The Balaban J connectivity index is 3.11. The van der Waals surface area contributed by atoms with Crippen molar-refractivity contribution in [1.29, 1.82) is 0 Å². The maximum atomic E-state index is 12.3. The van der Waals surface area contributed by atoms with Crippen LogP contribution >= 0.6 is 0 Å². The van der Waals surface area contributed by atoms with Gasteiger partial charge in [0.2, 0.25) is 10.0 Å². The van der Waals surface area contributed by atoms with Gasteiger partial charge in [0.05, 0.1) is 13.5 Å². The van der Waals surface area contributed by atoms with E-state index in [-0.39, 0.29) is 16.3 Å². The van der Waals surface area contributed by atoms with E-state index < -0.39 is 28.7 Å². The molecule has 0 spiro atoms. The third-order valence-corrected chi connectivity index (χ3v) is 4.35. The minimum Gasteiger partial charge on any atom is -0.495 e. The summed E-state index contributed by atoms with van der Waals surface area (Å²) in [5, 5.41) is 0. The number of ether oxygens (including phenoxy) is 1. The van der Waals surface area contributed by atoms with Crippen molar-refractivity contribution >= 4 is 15.7 Å². The predicted octanol–water partition coefficient (Wildman–Crippen LogP) is 2.21. The third kappa shape index (κ3) is 4.78. The fourth-order valence-electron chi connectivity index (χ4n) is 1.76. The van der Waals surface area contributed by atoms with Crippen LogP contribution in [0.3, 0.4) is 0 Å². The molecule has 1 unspecified atom stereocenters. The highest BCUT2D eigenvalue weighted by Crippen LogP contribution is 2.29. The van der Waals surface area contributed by atoms with Gasteiger partial charge in [-0.2, -0.15) is 13.2 Å². The van der Waals surface area contributed by atoms with E-state index in [0.29, 0.717) is 5.56 Å². The second-order valence-electron chi connectivity index (χ2n) is 4.70. The van der Waals surface area contributed by atoms with Gasteiger partial charge in [0, 0.05) is 11.7 Å². The monoisotopic (exact) mass is 326 g/mol. The van der Waals surface area contributed by atoms with Crippen LogP contribution in [-0.2, 0) is 10.0 Å². The van der Waals surface area contributed by atoms with Gasteiger partial charge in [0.25, 0.3) is 0 Å². The average molecular weight is 326 g/mol. The van der Waals surface area contributed by atoms with Crippen molar-refractivity contribution in [3.05, 3.63) is 17.7 Å². The Bertz CT molecular complexity index is 615. The van der Waals surface area contributed by atoms with Crippen molar-refractivity contribution in [2.45, 2.75) is 37.4 Å². The normalized spacial score (nSPS) is 14.0. The summed E-state index contributed by atoms with van der Waals surface area (Å²) in [4.78, 5) is -0.290. The van der Waals surface area contributed by atoms with Crippen LogP contribution in [0, 0.1) is 6.92 Å². The zero-order valence-corrected chi connectivity index (χ0v) is 12.6. The summed E-state index contributed by atoms with van der Waals surface area (Å²) in [7, 11) is -2.90. The van der Waals surface area contributed by atoms with Crippen molar-refractivity contribution < 1.29 is 26.3 Å². The molecule has 0 heterocycles. The van der Waals surface area contributed by atoms with Gasteiger partial charge in [-0.15, -0.1) is 0 Å². The van der Waals surface area contributed by atoms with Crippen LogP contribution in [-0.4, -0.2) is 27.7 Å². The average Bonchev–Trinajstić information content (AvgIpc) is 2.28. The molecule has 0 aliphatic rings. The number of halogens is 3. The molecule has 1 rings (SSSR count). The van der Waals surface area contributed by atoms with Gasteiger partial charge in [-0.1, -0.05) is 0 Å². The molecule has 0 aromatic heterocycles. The maximum absolute atomic E-state index is 12.3. The minimum atomic E-state index is -4.46. The molecule has 0 saturated heterocycles. The lowest BCUT2D eigenvalue weighted by Gasteiger charge is -2.18. The van der Waals surface area contributed by atoms with Gasteiger partial charge in [-0.05, 0) is 31.5 Å². The Kier molecular flexibility index (Phi) is 5.11. The molecular weight excluding hydrogens is 309 g/mol. The number of methoxy groups -OCH3 is 1. The van der Waals surface area contributed by atoms with E-state index in [1.807, 2.05) is 4.72 Å². The minimum absolute atomic E-state index is 0.0217. The van der Waals surface area contributed by atoms with Crippen molar-refractivity contribution in [2.24, 2.45) is 0 Å². The van der Waals surface area contributed by atoms with E-state index in [9.17, 15) is 21.6 Å². The fraction of sp³-hybridized carbons (Fsp3) is 0.500. The lowest BCUT2D eigenvalue weighted by Crippen LogP contribution is -2.36. The van der Waals surface area contributed by atoms with Crippen molar-refractivity contribution in [3.8, 4) is 5.75 Å². The number of rotatable bonds is 5. The Morgan fingerprint density at radius 2 is 1.95 bits per heavy atom. The van der Waals surface area contributed by atoms with Gasteiger partial charge in [-0.25, -0.2) is 13.1 Å². The molecule has 120 valence electrons. The molecule has 1 atom stereocenters. The molecule has 1 aromatic carbocycles. The largest absolute Gasteiger partial charge is 0.495 e. The summed E-state index contributed by atoms with van der Waals surface area (Å²) in [6, 6.07) is 1.28. The number of anilines is 1. The van der Waals surface area contributed by atoms with Gasteiger partial charge < -0.3 is 10.5 Å². The second-order valence-corrected chi connectivity index (χ2v) is 6.38. The first-order valence-electron chi connectivity index (χ1n) is 5.99. The van der Waals surface area contributed by atoms with E-state index in [4.69, 9.17) is 10.5 Å². The molecular formula is C12H17F3N2O3S. The Morgan fingerprint density at radius 1 is 1.38 bits per heavy atom. The third-order valence-electron chi connectivity index (χ3n) is 2.74. The summed E-state index contributed by atoms with van der Waals surface area (Å²) in [6.07, 6.45) is -5.73. The van der Waals surface area contributed by atoms with Crippen molar-refractivity contribution in [3.63, 3.8) is 0 Å². The van der Waals surface area contributed by atoms with Crippen LogP contribution in [0.25, 0.3) is 0 Å². The topological polar surface area (TPSA) is 81.4 Å². The van der Waals surface area contributed by atoms with Crippen molar-refractivity contribution in [1.82, 2.24) is 4.72 Å². The van der Waals surface area contributed by atoms with E-state index in [0.717, 1.165) is 13.0 Å². The lowest BCUT2D eigenvalue weighted by molar-refractivity contribution is -0.137. The number of nitrogens with one attached hydrogen (secondary N) is 1. The molecule has 0 saturated carbocycles. The summed E-state index contributed by atoms with van der Waals surface area (Å²) < 4.78 is 68.0. The number of benzene rings is 1. The van der Waals surface area contributed by atoms with Crippen LogP contribution in [0.4, 0.5) is 18.9 Å². The molecule has 0 fully saturated rings. The number of nitrogen functional groups attached to an aromatic ring is 1. The molecule has 1 aromatic rings. The first-order valence-corrected chi connectivity index (χ1v) is 7.48. The van der Waals surface area contributed by atoms with Crippen LogP contribution in [0.2, 0.25) is 0 Å². The number of aryl methyl sites for hydroxylation is 1. The first-order chi connectivity index (χ1) is 9.46. The zero-order chi connectivity index (χ0) is 16.4. The predicted molar refractivity (Wildman–Crippen MR) is 72.6 cm³/mol. The number of hydrogen-bond donors (Lipinski definition) is 2. The highest BCUT2D eigenvalue weighted by molar-refractivity contribution is 7.89. The summed E-state index contributed by atoms with van der Waals surface area (Å²) in [5.74, 6) is 0.0217. The number of nitrogens with two attached hydrogens (primary N) is 1. The Morgan fingerprint density at radius 3 is 2.43 bits per heavy atom. The molecule has 5 nitrogen and oxygen atoms in total. The maximum Gasteiger partial charge on any atom is 0.390 e. The van der Waals surface area contributed by atoms with E-state index in [1.165, 1.54) is 13.2 Å². The molecule has 9 heteroatoms. The lowest BCUT2D eigenvalue weighted by atomic mass is 10.2. The van der Waals surface area contributed by atoms with E-state index in [1.54, 1.807) is 6.92 Å². The summed E-state index contributed by atoms with van der Waals surface area (Å²) >= 11 is 0. The quantitative estimate of drug-likeness (QED) is 0.813. The van der Waals surface area contributed by atoms with Gasteiger partial charge in [0.15, 0.2) is 0 Å². The van der Waals surface area contributed by atoms with Crippen LogP contribution in [0.5, 0.6) is 5.75 Å². The molecule has 0 aliphatic carbocycles. The highest BCUT2D eigenvalue weighted by atomic mass is 32.2. The smallest absolute Gasteiger partial charge is 0.390 e. The number of alkyl halides is 3. The molecule has 0 amide bonds. The van der Waals surface area contributed by atoms with E-state index >= 15 is 0 Å². The van der Waals surface area contributed by atoms with Crippen molar-refractivity contribution in [2.75, 3.05) is 12.8 Å². The van der Waals surface area contributed by atoms with E-state index in [2.05, 4.69) is 0 Å².